The Kier molecular flexibility index (Phi) is 4.03. The topological polar surface area (TPSA) is 59.2 Å². The number of benzene rings is 2. The van der Waals surface area contributed by atoms with Gasteiger partial charge in [0.05, 0.1) is 5.69 Å². The van der Waals surface area contributed by atoms with Crippen LogP contribution in [0.1, 0.15) is 29.3 Å². The number of rotatable bonds is 3. The molecule has 0 radical (unpaired) electrons. The van der Waals surface area contributed by atoms with Gasteiger partial charge in [-0.05, 0) is 49.2 Å². The van der Waals surface area contributed by atoms with Crippen molar-refractivity contribution >= 4 is 11.6 Å². The van der Waals surface area contributed by atoms with E-state index in [1.165, 1.54) is 16.5 Å². The van der Waals surface area contributed by atoms with Gasteiger partial charge in [-0.25, -0.2) is 4.39 Å². The molecular formula is C20H18FN3O2. The van der Waals surface area contributed by atoms with Crippen molar-refractivity contribution in [1.29, 1.82) is 0 Å². The minimum atomic E-state index is -0.412. The second-order valence-corrected chi connectivity index (χ2v) is 6.61. The fourth-order valence-corrected chi connectivity index (χ4v) is 3.18. The molecule has 6 heteroatoms. The number of carbonyl (C=O) groups is 1. The fourth-order valence-electron chi connectivity index (χ4n) is 3.18. The SMILES string of the molecule is Cc1ccc(-c2nc(C3CC(=O)N(c4ccccc4F)C3)no2)cc1C. The molecule has 4 rings (SSSR count). The predicted molar refractivity (Wildman–Crippen MR) is 95.3 cm³/mol. The molecule has 1 aromatic heterocycles. The zero-order valence-electron chi connectivity index (χ0n) is 14.6. The highest BCUT2D eigenvalue weighted by Gasteiger charge is 2.35. The minimum absolute atomic E-state index is 0.141. The number of carbonyl (C=O) groups excluding carboxylic acids is 1. The van der Waals surface area contributed by atoms with Crippen molar-refractivity contribution in [2.24, 2.45) is 0 Å². The number of para-hydroxylation sites is 1. The Morgan fingerprint density at radius 1 is 1.15 bits per heavy atom. The Balaban J connectivity index is 1.58. The number of aromatic nitrogens is 2. The minimum Gasteiger partial charge on any atom is -0.334 e. The molecule has 0 bridgehead atoms. The molecule has 1 aliphatic heterocycles. The number of nitrogens with zero attached hydrogens (tertiary/aromatic N) is 3. The van der Waals surface area contributed by atoms with Crippen LogP contribution in [0.5, 0.6) is 0 Å². The molecule has 5 nitrogen and oxygen atoms in total. The van der Waals surface area contributed by atoms with E-state index in [0.717, 1.165) is 11.1 Å². The average molecular weight is 351 g/mol. The second kappa shape index (κ2) is 6.37. The maximum absolute atomic E-state index is 14.0. The number of amides is 1. The number of anilines is 1. The van der Waals surface area contributed by atoms with Crippen LogP contribution in [0, 0.1) is 19.7 Å². The van der Waals surface area contributed by atoms with Crippen LogP contribution in [0.3, 0.4) is 0 Å². The summed E-state index contributed by atoms with van der Waals surface area (Å²) in [5.74, 6) is 0.138. The summed E-state index contributed by atoms with van der Waals surface area (Å²) < 4.78 is 19.4. The van der Waals surface area contributed by atoms with Crippen LogP contribution in [0.4, 0.5) is 10.1 Å². The Morgan fingerprint density at radius 2 is 1.96 bits per heavy atom. The van der Waals surface area contributed by atoms with E-state index in [1.54, 1.807) is 18.2 Å². The van der Waals surface area contributed by atoms with Gasteiger partial charge in [-0.3, -0.25) is 4.79 Å². The Morgan fingerprint density at radius 3 is 2.73 bits per heavy atom. The van der Waals surface area contributed by atoms with Crippen LogP contribution in [0.2, 0.25) is 0 Å². The van der Waals surface area contributed by atoms with Crippen LogP contribution in [-0.4, -0.2) is 22.6 Å². The maximum Gasteiger partial charge on any atom is 0.257 e. The monoisotopic (exact) mass is 351 g/mol. The van der Waals surface area contributed by atoms with Gasteiger partial charge in [0.2, 0.25) is 5.91 Å². The van der Waals surface area contributed by atoms with Gasteiger partial charge in [-0.1, -0.05) is 23.4 Å². The highest BCUT2D eigenvalue weighted by Crippen LogP contribution is 2.32. The molecule has 26 heavy (non-hydrogen) atoms. The number of halogens is 1. The third-order valence-electron chi connectivity index (χ3n) is 4.83. The van der Waals surface area contributed by atoms with E-state index >= 15 is 0 Å². The van der Waals surface area contributed by atoms with Gasteiger partial charge in [0.25, 0.3) is 5.89 Å². The highest BCUT2D eigenvalue weighted by atomic mass is 19.1. The first-order valence-corrected chi connectivity index (χ1v) is 8.49. The van der Waals surface area contributed by atoms with Crippen molar-refractivity contribution in [3.05, 3.63) is 65.2 Å². The molecule has 0 aliphatic carbocycles. The summed E-state index contributed by atoms with van der Waals surface area (Å²) in [6.45, 7) is 4.41. The zero-order valence-corrected chi connectivity index (χ0v) is 14.6. The summed E-state index contributed by atoms with van der Waals surface area (Å²) in [5.41, 5.74) is 3.47. The van der Waals surface area contributed by atoms with Crippen molar-refractivity contribution < 1.29 is 13.7 Å². The lowest BCUT2D eigenvalue weighted by Crippen LogP contribution is -2.25. The van der Waals surface area contributed by atoms with Crippen LogP contribution >= 0.6 is 0 Å². The third kappa shape index (κ3) is 2.87. The van der Waals surface area contributed by atoms with Crippen molar-refractivity contribution in [3.8, 4) is 11.5 Å². The van der Waals surface area contributed by atoms with Crippen molar-refractivity contribution in [1.82, 2.24) is 10.1 Å². The summed E-state index contributed by atoms with van der Waals surface area (Å²) in [4.78, 5) is 18.3. The maximum atomic E-state index is 14.0. The molecule has 1 saturated heterocycles. The van der Waals surface area contributed by atoms with E-state index in [-0.39, 0.29) is 23.9 Å². The lowest BCUT2D eigenvalue weighted by Gasteiger charge is -2.16. The van der Waals surface area contributed by atoms with Crippen LogP contribution in [-0.2, 0) is 4.79 Å². The second-order valence-electron chi connectivity index (χ2n) is 6.61. The summed E-state index contributed by atoms with van der Waals surface area (Å²) >= 11 is 0. The Hall–Kier alpha value is -3.02. The largest absolute Gasteiger partial charge is 0.334 e. The average Bonchev–Trinajstić information content (AvgIpc) is 3.25. The molecule has 1 atom stereocenters. The van der Waals surface area contributed by atoms with E-state index < -0.39 is 5.82 Å². The van der Waals surface area contributed by atoms with Gasteiger partial charge in [0, 0.05) is 24.4 Å². The van der Waals surface area contributed by atoms with Crippen molar-refractivity contribution in [2.75, 3.05) is 11.4 Å². The fraction of sp³-hybridized carbons (Fsp3) is 0.250. The quantitative estimate of drug-likeness (QED) is 0.715. The van der Waals surface area contributed by atoms with Gasteiger partial charge in [-0.15, -0.1) is 0 Å². The van der Waals surface area contributed by atoms with Gasteiger partial charge >= 0.3 is 0 Å². The van der Waals surface area contributed by atoms with Gasteiger partial charge < -0.3 is 9.42 Å². The lowest BCUT2D eigenvalue weighted by molar-refractivity contribution is -0.117. The van der Waals surface area contributed by atoms with Crippen LogP contribution in [0.25, 0.3) is 11.5 Å². The molecule has 0 N–H and O–H groups in total. The van der Waals surface area contributed by atoms with Crippen molar-refractivity contribution in [3.63, 3.8) is 0 Å². The van der Waals surface area contributed by atoms with Crippen LogP contribution in [0.15, 0.2) is 47.0 Å². The predicted octanol–water partition coefficient (Wildman–Crippen LogP) is 4.01. The van der Waals surface area contributed by atoms with Gasteiger partial charge in [0.1, 0.15) is 5.82 Å². The normalized spacial score (nSPS) is 17.1. The first-order chi connectivity index (χ1) is 12.5. The number of hydrogen-bond donors (Lipinski definition) is 0. The molecule has 1 aliphatic rings. The van der Waals surface area contributed by atoms with E-state index in [0.29, 0.717) is 18.3 Å². The molecule has 132 valence electrons. The summed E-state index contributed by atoms with van der Waals surface area (Å²) in [5, 5.41) is 4.05. The molecule has 2 heterocycles. The van der Waals surface area contributed by atoms with E-state index in [9.17, 15) is 9.18 Å². The molecule has 1 unspecified atom stereocenters. The van der Waals surface area contributed by atoms with E-state index in [2.05, 4.69) is 10.1 Å². The highest BCUT2D eigenvalue weighted by molar-refractivity contribution is 5.96. The Labute approximate surface area is 150 Å². The van der Waals surface area contributed by atoms with E-state index in [4.69, 9.17) is 4.52 Å². The first-order valence-electron chi connectivity index (χ1n) is 8.49. The van der Waals surface area contributed by atoms with Gasteiger partial charge in [0.15, 0.2) is 5.82 Å². The lowest BCUT2D eigenvalue weighted by atomic mass is 10.1. The molecule has 2 aromatic carbocycles. The summed E-state index contributed by atoms with van der Waals surface area (Å²) in [6.07, 6.45) is 0.236. The van der Waals surface area contributed by atoms with Crippen molar-refractivity contribution in [2.45, 2.75) is 26.2 Å². The number of hydrogen-bond acceptors (Lipinski definition) is 4. The van der Waals surface area contributed by atoms with Crippen LogP contribution < -0.4 is 4.90 Å². The smallest absolute Gasteiger partial charge is 0.257 e. The summed E-state index contributed by atoms with van der Waals surface area (Å²) in [6, 6.07) is 12.2. The molecule has 1 fully saturated rings. The summed E-state index contributed by atoms with van der Waals surface area (Å²) in [7, 11) is 0. The standard InChI is InChI=1S/C20H18FN3O2/c1-12-7-8-14(9-13(12)2)20-22-19(23-26-20)15-10-18(25)24(11-15)17-6-4-3-5-16(17)21/h3-9,15H,10-11H2,1-2H3. The number of aryl methyl sites for hydroxylation is 2. The Bertz CT molecular complexity index is 983. The molecule has 0 saturated carbocycles. The zero-order chi connectivity index (χ0) is 18.3. The molecule has 3 aromatic rings. The van der Waals surface area contributed by atoms with E-state index in [1.807, 2.05) is 32.0 Å². The molecular weight excluding hydrogens is 333 g/mol. The molecule has 0 spiro atoms. The molecule has 1 amide bonds. The first kappa shape index (κ1) is 16.4. The third-order valence-corrected chi connectivity index (χ3v) is 4.83. The van der Waals surface area contributed by atoms with Gasteiger partial charge in [-0.2, -0.15) is 4.98 Å².